The summed E-state index contributed by atoms with van der Waals surface area (Å²) in [5, 5.41) is 12.7. The van der Waals surface area contributed by atoms with E-state index >= 15 is 0 Å². The Labute approximate surface area is 108 Å². The third-order valence-corrected chi connectivity index (χ3v) is 2.89. The Bertz CT molecular complexity index is 524. The van der Waals surface area contributed by atoms with Crippen molar-refractivity contribution in [2.45, 2.75) is 26.2 Å². The summed E-state index contributed by atoms with van der Waals surface area (Å²) in [4.78, 5) is 0. The maximum Gasteiger partial charge on any atom is 0.117 e. The average molecular weight is 241 g/mol. The molecule has 2 aromatic carbocycles. The van der Waals surface area contributed by atoms with Crippen LogP contribution in [0, 0.1) is 0 Å². The van der Waals surface area contributed by atoms with Crippen LogP contribution in [-0.4, -0.2) is 5.11 Å². The van der Waals surface area contributed by atoms with Crippen molar-refractivity contribution in [1.82, 2.24) is 0 Å². The number of nitrogens with one attached hydrogen (secondary N) is 1. The summed E-state index contributed by atoms with van der Waals surface area (Å²) in [5.41, 5.74) is 3.39. The molecule has 0 amide bonds. The Morgan fingerprint density at radius 2 is 1.56 bits per heavy atom. The average Bonchev–Trinajstić information content (AvgIpc) is 2.28. The maximum atomic E-state index is 9.40. The molecule has 0 aliphatic heterocycles. The van der Waals surface area contributed by atoms with Crippen LogP contribution in [0.5, 0.6) is 5.75 Å². The van der Waals surface area contributed by atoms with Crippen molar-refractivity contribution < 1.29 is 5.11 Å². The second kappa shape index (κ2) is 4.73. The van der Waals surface area contributed by atoms with E-state index in [0.717, 1.165) is 11.4 Å². The predicted octanol–water partition coefficient (Wildman–Crippen LogP) is 4.43. The molecule has 2 aromatic rings. The molecular weight excluding hydrogens is 222 g/mol. The lowest BCUT2D eigenvalue weighted by molar-refractivity contribution is 0.475. The predicted molar refractivity (Wildman–Crippen MR) is 76.5 cm³/mol. The van der Waals surface area contributed by atoms with Gasteiger partial charge >= 0.3 is 0 Å². The van der Waals surface area contributed by atoms with E-state index in [4.69, 9.17) is 0 Å². The van der Waals surface area contributed by atoms with Gasteiger partial charge in [0.1, 0.15) is 5.75 Å². The van der Waals surface area contributed by atoms with Gasteiger partial charge in [-0.3, -0.25) is 0 Å². The molecule has 0 fully saturated rings. The smallest absolute Gasteiger partial charge is 0.117 e. The third kappa shape index (κ3) is 3.04. The molecular formula is C16H19NO. The lowest BCUT2D eigenvalue weighted by Crippen LogP contribution is -2.10. The summed E-state index contributed by atoms with van der Waals surface area (Å²) in [6, 6.07) is 15.5. The first-order chi connectivity index (χ1) is 8.45. The molecule has 2 nitrogen and oxygen atoms in total. The van der Waals surface area contributed by atoms with E-state index in [1.807, 2.05) is 12.1 Å². The number of aromatic hydroxyl groups is 1. The topological polar surface area (TPSA) is 32.3 Å². The highest BCUT2D eigenvalue weighted by Crippen LogP contribution is 2.25. The summed E-state index contributed by atoms with van der Waals surface area (Å²) in [6.45, 7) is 6.60. The molecule has 0 spiro atoms. The monoisotopic (exact) mass is 241 g/mol. The van der Waals surface area contributed by atoms with Gasteiger partial charge in [-0.1, -0.05) is 39.0 Å². The normalized spacial score (nSPS) is 11.3. The van der Waals surface area contributed by atoms with Crippen LogP contribution in [0.15, 0.2) is 48.5 Å². The van der Waals surface area contributed by atoms with Gasteiger partial charge < -0.3 is 10.4 Å². The molecule has 0 aromatic heterocycles. The van der Waals surface area contributed by atoms with Crippen molar-refractivity contribution in [2.75, 3.05) is 5.32 Å². The highest BCUT2D eigenvalue weighted by atomic mass is 16.3. The molecule has 0 aliphatic rings. The zero-order valence-electron chi connectivity index (χ0n) is 11.1. The van der Waals surface area contributed by atoms with E-state index in [2.05, 4.69) is 50.4 Å². The fraction of sp³-hybridized carbons (Fsp3) is 0.250. The number of phenolic OH excluding ortho intramolecular Hbond substituents is 1. The maximum absolute atomic E-state index is 9.40. The van der Waals surface area contributed by atoms with Crippen molar-refractivity contribution in [3.8, 4) is 5.75 Å². The van der Waals surface area contributed by atoms with E-state index in [1.165, 1.54) is 5.56 Å². The van der Waals surface area contributed by atoms with Crippen molar-refractivity contribution in [3.63, 3.8) is 0 Å². The minimum atomic E-state index is 0.170. The molecule has 0 aliphatic carbocycles. The molecule has 0 heterocycles. The molecule has 0 radical (unpaired) electrons. The second-order valence-corrected chi connectivity index (χ2v) is 5.50. The Kier molecular flexibility index (Phi) is 3.28. The quantitative estimate of drug-likeness (QED) is 0.815. The van der Waals surface area contributed by atoms with Crippen LogP contribution in [-0.2, 0) is 5.41 Å². The molecule has 2 rings (SSSR count). The molecule has 2 heteroatoms. The fourth-order valence-corrected chi connectivity index (χ4v) is 1.80. The molecule has 18 heavy (non-hydrogen) atoms. The van der Waals surface area contributed by atoms with Crippen molar-refractivity contribution in [3.05, 3.63) is 54.1 Å². The Hall–Kier alpha value is -1.96. The van der Waals surface area contributed by atoms with Crippen LogP contribution < -0.4 is 5.32 Å². The Balaban J connectivity index is 2.16. The van der Waals surface area contributed by atoms with Gasteiger partial charge in [0.15, 0.2) is 0 Å². The minimum Gasteiger partial charge on any atom is -0.508 e. The van der Waals surface area contributed by atoms with E-state index in [9.17, 15) is 5.11 Å². The Morgan fingerprint density at radius 3 is 2.11 bits per heavy atom. The molecule has 94 valence electrons. The van der Waals surface area contributed by atoms with Gasteiger partial charge in [-0.25, -0.2) is 0 Å². The number of hydrogen-bond acceptors (Lipinski definition) is 2. The number of rotatable bonds is 2. The molecule has 0 bridgehead atoms. The van der Waals surface area contributed by atoms with E-state index in [0.29, 0.717) is 0 Å². The van der Waals surface area contributed by atoms with Gasteiger partial charge in [0.25, 0.3) is 0 Å². The third-order valence-electron chi connectivity index (χ3n) is 2.89. The second-order valence-electron chi connectivity index (χ2n) is 5.50. The van der Waals surface area contributed by atoms with Gasteiger partial charge in [-0.2, -0.15) is 0 Å². The minimum absolute atomic E-state index is 0.170. The number of phenols is 1. The zero-order chi connectivity index (χ0) is 13.2. The van der Waals surface area contributed by atoms with Crippen LogP contribution in [0.25, 0.3) is 0 Å². The first-order valence-electron chi connectivity index (χ1n) is 6.12. The summed E-state index contributed by atoms with van der Waals surface area (Å²) < 4.78 is 0. The molecule has 2 N–H and O–H groups in total. The van der Waals surface area contributed by atoms with Crippen LogP contribution in [0.3, 0.4) is 0 Å². The van der Waals surface area contributed by atoms with E-state index < -0.39 is 0 Å². The molecule has 0 atom stereocenters. The van der Waals surface area contributed by atoms with Gasteiger partial charge in [0.2, 0.25) is 0 Å². The van der Waals surface area contributed by atoms with Crippen molar-refractivity contribution in [1.29, 1.82) is 0 Å². The largest absolute Gasteiger partial charge is 0.508 e. The standard InChI is InChI=1S/C16H19NO/c1-16(2,3)12-7-9-13(10-8-12)17-14-5-4-6-15(18)11-14/h4-11,17-18H,1-3H3. The van der Waals surface area contributed by atoms with Crippen molar-refractivity contribution >= 4 is 11.4 Å². The molecule has 0 saturated carbocycles. The zero-order valence-corrected chi connectivity index (χ0v) is 11.1. The molecule has 0 saturated heterocycles. The lowest BCUT2D eigenvalue weighted by atomic mass is 9.87. The SMILES string of the molecule is CC(C)(C)c1ccc(Nc2cccc(O)c2)cc1. The van der Waals surface area contributed by atoms with Gasteiger partial charge in [0.05, 0.1) is 0 Å². The fourth-order valence-electron chi connectivity index (χ4n) is 1.80. The van der Waals surface area contributed by atoms with Crippen LogP contribution in [0.4, 0.5) is 11.4 Å². The highest BCUT2D eigenvalue weighted by molar-refractivity contribution is 5.61. The summed E-state index contributed by atoms with van der Waals surface area (Å²) in [7, 11) is 0. The first-order valence-corrected chi connectivity index (χ1v) is 6.12. The highest BCUT2D eigenvalue weighted by Gasteiger charge is 2.12. The number of benzene rings is 2. The van der Waals surface area contributed by atoms with E-state index in [-0.39, 0.29) is 11.2 Å². The van der Waals surface area contributed by atoms with E-state index in [1.54, 1.807) is 12.1 Å². The Morgan fingerprint density at radius 1 is 0.889 bits per heavy atom. The van der Waals surface area contributed by atoms with Crippen molar-refractivity contribution in [2.24, 2.45) is 0 Å². The van der Waals surface area contributed by atoms with Gasteiger partial charge in [-0.15, -0.1) is 0 Å². The van der Waals surface area contributed by atoms with Gasteiger partial charge in [0, 0.05) is 17.4 Å². The van der Waals surface area contributed by atoms with Crippen LogP contribution in [0.1, 0.15) is 26.3 Å². The summed E-state index contributed by atoms with van der Waals surface area (Å²) >= 11 is 0. The van der Waals surface area contributed by atoms with Crippen LogP contribution >= 0.6 is 0 Å². The summed E-state index contributed by atoms with van der Waals surface area (Å²) in [5.74, 6) is 0.270. The number of anilines is 2. The van der Waals surface area contributed by atoms with Crippen LogP contribution in [0.2, 0.25) is 0 Å². The first kappa shape index (κ1) is 12.5. The van der Waals surface area contributed by atoms with Gasteiger partial charge in [-0.05, 0) is 35.2 Å². The molecule has 0 unspecified atom stereocenters. The lowest BCUT2D eigenvalue weighted by Gasteiger charge is -2.19. The number of hydrogen-bond donors (Lipinski definition) is 2. The summed E-state index contributed by atoms with van der Waals surface area (Å²) in [6.07, 6.45) is 0.